The van der Waals surface area contributed by atoms with Gasteiger partial charge in [0.1, 0.15) is 16.5 Å². The Balaban J connectivity index is 1.37. The van der Waals surface area contributed by atoms with E-state index in [1.54, 1.807) is 18.2 Å². The number of thiophene rings is 1. The highest BCUT2D eigenvalue weighted by Crippen LogP contribution is 2.29. The number of carbonyl (C=O) groups excluding carboxylic acids is 2. The number of aromatic nitrogens is 2. The lowest BCUT2D eigenvalue weighted by atomic mass is 10.1. The zero-order valence-corrected chi connectivity index (χ0v) is 17.8. The number of hydrogen-bond acceptors (Lipinski definition) is 4. The average Bonchev–Trinajstić information content (AvgIpc) is 3.28. The Labute approximate surface area is 186 Å². The maximum Gasteiger partial charge on any atom is 0.229 e. The molecule has 2 heterocycles. The smallest absolute Gasteiger partial charge is 0.229 e. The van der Waals surface area contributed by atoms with Crippen LogP contribution in [0.3, 0.4) is 0 Å². The Morgan fingerprint density at radius 3 is 2.71 bits per heavy atom. The van der Waals surface area contributed by atoms with Crippen LogP contribution in [0.5, 0.6) is 0 Å². The SMILES string of the molecule is O=C(Cc1cc2c(NC(=O)Cc3cccc(F)c3)[nH]nc2s1)NCc1ccccc1Cl. The fourth-order valence-electron chi connectivity index (χ4n) is 3.12. The van der Waals surface area contributed by atoms with E-state index in [1.165, 1.54) is 23.5 Å². The Kier molecular flexibility index (Phi) is 6.29. The summed E-state index contributed by atoms with van der Waals surface area (Å²) in [7, 11) is 0. The van der Waals surface area contributed by atoms with Crippen molar-refractivity contribution >= 4 is 50.8 Å². The van der Waals surface area contributed by atoms with Gasteiger partial charge in [0.2, 0.25) is 11.8 Å². The standard InChI is InChI=1S/C22H18ClFN4O2S/c23-18-7-2-1-5-14(18)12-25-19(29)11-16-10-17-21(27-28-22(17)31-16)26-20(30)9-13-4-3-6-15(24)8-13/h1-8,10H,9,11-12H2,(H,25,29)(H2,26,27,28,30). The first-order valence-electron chi connectivity index (χ1n) is 9.49. The van der Waals surface area contributed by atoms with Gasteiger partial charge < -0.3 is 10.6 Å². The van der Waals surface area contributed by atoms with E-state index < -0.39 is 0 Å². The highest BCUT2D eigenvalue weighted by Gasteiger charge is 2.15. The van der Waals surface area contributed by atoms with Crippen molar-refractivity contribution in [3.05, 3.63) is 81.4 Å². The van der Waals surface area contributed by atoms with E-state index in [-0.39, 0.29) is 30.5 Å². The van der Waals surface area contributed by atoms with Crippen molar-refractivity contribution in [2.45, 2.75) is 19.4 Å². The third-order valence-corrected chi connectivity index (χ3v) is 5.99. The molecule has 0 unspecified atom stereocenters. The van der Waals surface area contributed by atoms with Crippen LogP contribution in [0.25, 0.3) is 10.2 Å². The number of amides is 2. The highest BCUT2D eigenvalue weighted by molar-refractivity contribution is 7.18. The average molecular weight is 457 g/mol. The van der Waals surface area contributed by atoms with Gasteiger partial charge in [-0.2, -0.15) is 5.10 Å². The molecule has 0 aliphatic carbocycles. The van der Waals surface area contributed by atoms with E-state index in [2.05, 4.69) is 20.8 Å². The molecule has 0 saturated carbocycles. The zero-order valence-electron chi connectivity index (χ0n) is 16.2. The van der Waals surface area contributed by atoms with Gasteiger partial charge in [-0.15, -0.1) is 11.3 Å². The molecule has 0 bridgehead atoms. The molecule has 4 aromatic rings. The van der Waals surface area contributed by atoms with E-state index in [9.17, 15) is 14.0 Å². The van der Waals surface area contributed by atoms with Crippen LogP contribution in [0, 0.1) is 5.82 Å². The van der Waals surface area contributed by atoms with Gasteiger partial charge >= 0.3 is 0 Å². The van der Waals surface area contributed by atoms with Crippen LogP contribution in [0.1, 0.15) is 16.0 Å². The third kappa shape index (κ3) is 5.28. The number of H-pyrrole nitrogens is 1. The Hall–Kier alpha value is -3.23. The summed E-state index contributed by atoms with van der Waals surface area (Å²) >= 11 is 7.48. The quantitative estimate of drug-likeness (QED) is 0.384. The molecule has 0 fully saturated rings. The topological polar surface area (TPSA) is 86.9 Å². The number of fused-ring (bicyclic) bond motifs is 1. The largest absolute Gasteiger partial charge is 0.352 e. The number of benzene rings is 2. The molecule has 31 heavy (non-hydrogen) atoms. The monoisotopic (exact) mass is 456 g/mol. The predicted molar refractivity (Wildman–Crippen MR) is 120 cm³/mol. The summed E-state index contributed by atoms with van der Waals surface area (Å²) in [4.78, 5) is 26.1. The summed E-state index contributed by atoms with van der Waals surface area (Å²) in [5.41, 5.74) is 1.43. The first-order chi connectivity index (χ1) is 15.0. The van der Waals surface area contributed by atoms with Crippen molar-refractivity contribution in [1.29, 1.82) is 0 Å². The number of nitrogens with one attached hydrogen (secondary N) is 3. The summed E-state index contributed by atoms with van der Waals surface area (Å²) in [5, 5.41) is 13.9. The first-order valence-corrected chi connectivity index (χ1v) is 10.7. The number of nitrogens with zero attached hydrogens (tertiary/aromatic N) is 1. The van der Waals surface area contributed by atoms with Gasteiger partial charge in [-0.3, -0.25) is 14.7 Å². The van der Waals surface area contributed by atoms with Crippen LogP contribution in [-0.2, 0) is 29.0 Å². The van der Waals surface area contributed by atoms with Gasteiger partial charge in [-0.1, -0.05) is 41.9 Å². The molecule has 0 aliphatic heterocycles. The van der Waals surface area contributed by atoms with Gasteiger partial charge in [-0.25, -0.2) is 4.39 Å². The van der Waals surface area contributed by atoms with Crippen molar-refractivity contribution in [3.8, 4) is 0 Å². The lowest BCUT2D eigenvalue weighted by Gasteiger charge is -2.06. The minimum Gasteiger partial charge on any atom is -0.352 e. The molecule has 158 valence electrons. The molecular weight excluding hydrogens is 439 g/mol. The van der Waals surface area contributed by atoms with Crippen LogP contribution in [0.4, 0.5) is 10.2 Å². The fraction of sp³-hybridized carbons (Fsp3) is 0.136. The number of rotatable bonds is 7. The number of halogens is 2. The normalized spacial score (nSPS) is 10.9. The minimum atomic E-state index is -0.385. The number of hydrogen-bond donors (Lipinski definition) is 3. The minimum absolute atomic E-state index is 0.0414. The van der Waals surface area contributed by atoms with Gasteiger partial charge in [-0.05, 0) is 35.4 Å². The predicted octanol–water partition coefficient (Wildman–Crippen LogP) is 4.46. The molecule has 2 amide bonds. The van der Waals surface area contributed by atoms with Crippen LogP contribution < -0.4 is 10.6 Å². The van der Waals surface area contributed by atoms with Gasteiger partial charge in [0.25, 0.3) is 0 Å². The van der Waals surface area contributed by atoms with E-state index in [0.717, 1.165) is 15.8 Å². The van der Waals surface area contributed by atoms with Crippen molar-refractivity contribution in [2.24, 2.45) is 0 Å². The maximum atomic E-state index is 13.3. The molecule has 3 N–H and O–H groups in total. The van der Waals surface area contributed by atoms with Crippen molar-refractivity contribution in [3.63, 3.8) is 0 Å². The summed E-state index contributed by atoms with van der Waals surface area (Å²) in [6.45, 7) is 0.350. The lowest BCUT2D eigenvalue weighted by Crippen LogP contribution is -2.24. The molecule has 2 aromatic heterocycles. The summed E-state index contributed by atoms with van der Waals surface area (Å²) < 4.78 is 13.3. The molecule has 0 saturated heterocycles. The Bertz CT molecular complexity index is 1250. The maximum absolute atomic E-state index is 13.3. The molecule has 6 nitrogen and oxygen atoms in total. The zero-order chi connectivity index (χ0) is 21.8. The molecule has 0 radical (unpaired) electrons. The van der Waals surface area contributed by atoms with Crippen molar-refractivity contribution in [1.82, 2.24) is 15.5 Å². The molecular formula is C22H18ClFN4O2S. The van der Waals surface area contributed by atoms with Gasteiger partial charge in [0.15, 0.2) is 0 Å². The molecule has 0 atom stereocenters. The number of aromatic amines is 1. The Morgan fingerprint density at radius 1 is 1.06 bits per heavy atom. The van der Waals surface area contributed by atoms with Gasteiger partial charge in [0.05, 0.1) is 18.2 Å². The number of anilines is 1. The second-order valence-electron chi connectivity index (χ2n) is 6.93. The van der Waals surface area contributed by atoms with E-state index in [4.69, 9.17) is 11.6 Å². The summed E-state index contributed by atoms with van der Waals surface area (Å²) in [6.07, 6.45) is 0.238. The van der Waals surface area contributed by atoms with Crippen LogP contribution in [0.2, 0.25) is 5.02 Å². The van der Waals surface area contributed by atoms with Crippen LogP contribution in [-0.4, -0.2) is 22.0 Å². The lowest BCUT2D eigenvalue weighted by molar-refractivity contribution is -0.120. The Morgan fingerprint density at radius 2 is 1.90 bits per heavy atom. The van der Waals surface area contributed by atoms with Gasteiger partial charge in [0, 0.05) is 16.4 Å². The third-order valence-electron chi connectivity index (χ3n) is 4.59. The molecule has 0 aliphatic rings. The second kappa shape index (κ2) is 9.28. The molecule has 2 aromatic carbocycles. The molecule has 9 heteroatoms. The summed E-state index contributed by atoms with van der Waals surface area (Å²) in [6, 6.07) is 15.1. The fourth-order valence-corrected chi connectivity index (χ4v) is 4.31. The summed E-state index contributed by atoms with van der Waals surface area (Å²) in [5.74, 6) is -0.356. The van der Waals surface area contributed by atoms with Crippen molar-refractivity contribution < 1.29 is 14.0 Å². The van der Waals surface area contributed by atoms with Crippen LogP contribution >= 0.6 is 22.9 Å². The first kappa shape index (κ1) is 21.0. The number of carbonyl (C=O) groups is 2. The van der Waals surface area contributed by atoms with E-state index in [1.807, 2.05) is 24.3 Å². The van der Waals surface area contributed by atoms with Crippen molar-refractivity contribution in [2.75, 3.05) is 5.32 Å². The molecule has 0 spiro atoms. The second-order valence-corrected chi connectivity index (χ2v) is 8.45. The van der Waals surface area contributed by atoms with E-state index in [0.29, 0.717) is 27.8 Å². The van der Waals surface area contributed by atoms with Crippen LogP contribution in [0.15, 0.2) is 54.6 Å². The highest BCUT2D eigenvalue weighted by atomic mass is 35.5. The molecule has 4 rings (SSSR count). The van der Waals surface area contributed by atoms with E-state index >= 15 is 0 Å².